The van der Waals surface area contributed by atoms with Crippen molar-refractivity contribution in [3.8, 4) is 5.75 Å². The van der Waals surface area contributed by atoms with Crippen molar-refractivity contribution < 1.29 is 28.2 Å². The van der Waals surface area contributed by atoms with Crippen molar-refractivity contribution in [2.75, 3.05) is 13.7 Å². The molecule has 7 nitrogen and oxygen atoms in total. The predicted octanol–water partition coefficient (Wildman–Crippen LogP) is 0.0525. The molecule has 0 aliphatic heterocycles. The Bertz CT molecular complexity index is 567. The van der Waals surface area contributed by atoms with Gasteiger partial charge in [-0.05, 0) is 25.1 Å². The maximum Gasteiger partial charge on any atom is 0.339 e. The number of hydrogen-bond donors (Lipinski definition) is 3. The third-order valence-electron chi connectivity index (χ3n) is 2.28. The van der Waals surface area contributed by atoms with E-state index in [-0.39, 0.29) is 22.8 Å². The Morgan fingerprint density at radius 3 is 2.58 bits per heavy atom. The van der Waals surface area contributed by atoms with E-state index in [1.165, 1.54) is 26.2 Å². The number of hydrogen-bond acceptors (Lipinski definition) is 5. The lowest BCUT2D eigenvalue weighted by atomic mass is 10.2. The summed E-state index contributed by atoms with van der Waals surface area (Å²) in [5.41, 5.74) is -0.248. The molecule has 0 fully saturated rings. The van der Waals surface area contributed by atoms with Crippen LogP contribution < -0.4 is 9.46 Å². The van der Waals surface area contributed by atoms with E-state index < -0.39 is 22.1 Å². The fourth-order valence-electron chi connectivity index (χ4n) is 1.34. The molecule has 0 unspecified atom stereocenters. The van der Waals surface area contributed by atoms with E-state index in [4.69, 9.17) is 14.9 Å². The second-order valence-electron chi connectivity index (χ2n) is 3.87. The summed E-state index contributed by atoms with van der Waals surface area (Å²) in [4.78, 5) is 10.8. The zero-order valence-corrected chi connectivity index (χ0v) is 11.3. The van der Waals surface area contributed by atoms with Gasteiger partial charge >= 0.3 is 5.97 Å². The van der Waals surface area contributed by atoms with Gasteiger partial charge in [-0.1, -0.05) is 0 Å². The van der Waals surface area contributed by atoms with Crippen LogP contribution in [0.3, 0.4) is 0 Å². The second-order valence-corrected chi connectivity index (χ2v) is 5.64. The van der Waals surface area contributed by atoms with Gasteiger partial charge in [0.15, 0.2) is 0 Å². The Morgan fingerprint density at radius 2 is 2.11 bits per heavy atom. The number of aliphatic hydroxyl groups is 1. The molecule has 8 heteroatoms. The standard InChI is InChI=1S/C11H15NO6S/c1-7(13)6-12-19(16,17)8-3-4-10(18-2)9(5-8)11(14)15/h3-5,7,12-13H,6H2,1-2H3,(H,14,15)/t7-/m0/s1. The fourth-order valence-corrected chi connectivity index (χ4v) is 2.48. The quantitative estimate of drug-likeness (QED) is 0.682. The number of aromatic carboxylic acids is 1. The number of benzene rings is 1. The third-order valence-corrected chi connectivity index (χ3v) is 3.70. The lowest BCUT2D eigenvalue weighted by molar-refractivity contribution is 0.0693. The molecule has 0 spiro atoms. The van der Waals surface area contributed by atoms with E-state index in [2.05, 4.69) is 4.72 Å². The van der Waals surface area contributed by atoms with Gasteiger partial charge in [-0.2, -0.15) is 0 Å². The molecule has 1 atom stereocenters. The summed E-state index contributed by atoms with van der Waals surface area (Å²) in [5, 5.41) is 18.0. The number of sulfonamides is 1. The Labute approximate surface area is 110 Å². The van der Waals surface area contributed by atoms with E-state index in [0.29, 0.717) is 0 Å². The van der Waals surface area contributed by atoms with E-state index in [1.807, 2.05) is 0 Å². The number of carboxylic acid groups (broad SMARTS) is 1. The Morgan fingerprint density at radius 1 is 1.47 bits per heavy atom. The molecule has 0 amide bonds. The van der Waals surface area contributed by atoms with Crippen molar-refractivity contribution in [1.29, 1.82) is 0 Å². The molecule has 1 rings (SSSR count). The molecule has 0 radical (unpaired) electrons. The van der Waals surface area contributed by atoms with Gasteiger partial charge in [0.05, 0.1) is 18.1 Å². The summed E-state index contributed by atoms with van der Waals surface area (Å²) in [6.07, 6.45) is -0.841. The molecule has 0 saturated heterocycles. The number of carbonyl (C=O) groups is 1. The smallest absolute Gasteiger partial charge is 0.339 e. The Hall–Kier alpha value is -1.64. The molecule has 1 aromatic carbocycles. The van der Waals surface area contributed by atoms with Gasteiger partial charge in [-0.25, -0.2) is 17.9 Å². The van der Waals surface area contributed by atoms with Gasteiger partial charge in [0, 0.05) is 6.54 Å². The summed E-state index contributed by atoms with van der Waals surface area (Å²) in [6.45, 7) is 1.27. The average Bonchev–Trinajstić information content (AvgIpc) is 2.35. The maximum atomic E-state index is 11.9. The van der Waals surface area contributed by atoms with Crippen LogP contribution in [0, 0.1) is 0 Å². The van der Waals surface area contributed by atoms with Gasteiger partial charge in [-0.3, -0.25) is 0 Å². The topological polar surface area (TPSA) is 113 Å². The molecule has 0 heterocycles. The number of aliphatic hydroxyl groups excluding tert-OH is 1. The number of nitrogens with one attached hydrogen (secondary N) is 1. The molecule has 0 aliphatic carbocycles. The molecule has 19 heavy (non-hydrogen) atoms. The van der Waals surface area contributed by atoms with E-state index in [9.17, 15) is 13.2 Å². The zero-order valence-electron chi connectivity index (χ0n) is 10.5. The normalized spacial score (nSPS) is 13.0. The van der Waals surface area contributed by atoms with Crippen molar-refractivity contribution in [3.63, 3.8) is 0 Å². The molecule has 1 aromatic rings. The summed E-state index contributed by atoms with van der Waals surface area (Å²) < 4.78 is 30.7. The predicted molar refractivity (Wildman–Crippen MR) is 66.8 cm³/mol. The number of methoxy groups -OCH3 is 1. The van der Waals surface area contributed by atoms with Crippen molar-refractivity contribution in [1.82, 2.24) is 4.72 Å². The van der Waals surface area contributed by atoms with Gasteiger partial charge in [-0.15, -0.1) is 0 Å². The lowest BCUT2D eigenvalue weighted by Crippen LogP contribution is -2.30. The van der Waals surface area contributed by atoms with Crippen LogP contribution in [0.4, 0.5) is 0 Å². The molecular weight excluding hydrogens is 274 g/mol. The van der Waals surface area contributed by atoms with E-state index >= 15 is 0 Å². The highest BCUT2D eigenvalue weighted by Gasteiger charge is 2.19. The number of ether oxygens (including phenoxy) is 1. The van der Waals surface area contributed by atoms with E-state index in [1.54, 1.807) is 0 Å². The largest absolute Gasteiger partial charge is 0.496 e. The Balaban J connectivity index is 3.14. The number of rotatable bonds is 6. The maximum absolute atomic E-state index is 11.9. The molecular formula is C11H15NO6S. The molecule has 0 saturated carbocycles. The van der Waals surface area contributed by atoms with Crippen LogP contribution >= 0.6 is 0 Å². The minimum absolute atomic E-state index is 0.0713. The van der Waals surface area contributed by atoms with Crippen LogP contribution in [0.25, 0.3) is 0 Å². The van der Waals surface area contributed by atoms with Gasteiger partial charge in [0.1, 0.15) is 11.3 Å². The highest BCUT2D eigenvalue weighted by atomic mass is 32.2. The Kier molecular flexibility index (Phi) is 4.87. The van der Waals surface area contributed by atoms with Crippen LogP contribution in [0.5, 0.6) is 5.75 Å². The van der Waals surface area contributed by atoms with Crippen molar-refractivity contribution in [3.05, 3.63) is 23.8 Å². The first kappa shape index (κ1) is 15.4. The van der Waals surface area contributed by atoms with Gasteiger partial charge in [0.25, 0.3) is 0 Å². The first-order chi connectivity index (χ1) is 8.77. The first-order valence-corrected chi connectivity index (χ1v) is 6.85. The molecule has 3 N–H and O–H groups in total. The van der Waals surface area contributed by atoms with Crippen LogP contribution in [0.15, 0.2) is 23.1 Å². The van der Waals surface area contributed by atoms with Crippen molar-refractivity contribution >= 4 is 16.0 Å². The van der Waals surface area contributed by atoms with E-state index in [0.717, 1.165) is 6.07 Å². The van der Waals surface area contributed by atoms with Gasteiger partial charge in [0.2, 0.25) is 10.0 Å². The van der Waals surface area contributed by atoms with Crippen LogP contribution in [-0.2, 0) is 10.0 Å². The van der Waals surface area contributed by atoms with Crippen LogP contribution in [0.2, 0.25) is 0 Å². The fraction of sp³-hybridized carbons (Fsp3) is 0.364. The minimum atomic E-state index is -3.87. The first-order valence-electron chi connectivity index (χ1n) is 5.37. The SMILES string of the molecule is COc1ccc(S(=O)(=O)NC[C@H](C)O)cc1C(=O)O. The van der Waals surface area contributed by atoms with Gasteiger partial charge < -0.3 is 14.9 Å². The minimum Gasteiger partial charge on any atom is -0.496 e. The summed E-state index contributed by atoms with van der Waals surface area (Å²) in [7, 11) is -2.57. The summed E-state index contributed by atoms with van der Waals surface area (Å²) in [5.74, 6) is -1.22. The zero-order chi connectivity index (χ0) is 14.6. The monoisotopic (exact) mass is 289 g/mol. The summed E-state index contributed by atoms with van der Waals surface area (Å²) in [6, 6.07) is 3.50. The highest BCUT2D eigenvalue weighted by Crippen LogP contribution is 2.22. The number of carboxylic acids is 1. The molecule has 0 aliphatic rings. The van der Waals surface area contributed by atoms with Crippen LogP contribution in [0.1, 0.15) is 17.3 Å². The molecule has 106 valence electrons. The molecule has 0 bridgehead atoms. The van der Waals surface area contributed by atoms with Crippen molar-refractivity contribution in [2.45, 2.75) is 17.9 Å². The van der Waals surface area contributed by atoms with Crippen LogP contribution in [-0.4, -0.2) is 44.4 Å². The average molecular weight is 289 g/mol. The van der Waals surface area contributed by atoms with Crippen molar-refractivity contribution in [2.24, 2.45) is 0 Å². The second kappa shape index (κ2) is 6.00. The third kappa shape index (κ3) is 3.91. The highest BCUT2D eigenvalue weighted by molar-refractivity contribution is 7.89. The lowest BCUT2D eigenvalue weighted by Gasteiger charge is -2.10. The molecule has 0 aromatic heterocycles. The summed E-state index contributed by atoms with van der Waals surface area (Å²) >= 11 is 0.